The number of amides is 1. The maximum Gasteiger partial charge on any atom is 0.251 e. The Kier molecular flexibility index (Phi) is 6.06. The van der Waals surface area contributed by atoms with Gasteiger partial charge in [0.1, 0.15) is 17.5 Å². The Hall–Kier alpha value is -3.55. The highest BCUT2D eigenvalue weighted by molar-refractivity contribution is 5.94. The lowest BCUT2D eigenvalue weighted by Gasteiger charge is -2.32. The topological polar surface area (TPSA) is 70.2 Å². The van der Waals surface area contributed by atoms with Crippen LogP contribution in [-0.4, -0.2) is 35.0 Å². The summed E-state index contributed by atoms with van der Waals surface area (Å²) in [4.78, 5) is 23.6. The number of nitrogens with zero attached hydrogens (tertiary/aromatic N) is 3. The number of aromatic nitrogens is 2. The predicted octanol–water partition coefficient (Wildman–Crippen LogP) is 4.21. The number of hydrogen-bond donors (Lipinski definition) is 2. The molecule has 160 valence electrons. The van der Waals surface area contributed by atoms with E-state index in [1.807, 2.05) is 13.0 Å². The van der Waals surface area contributed by atoms with Gasteiger partial charge in [0.15, 0.2) is 0 Å². The zero-order valence-corrected chi connectivity index (χ0v) is 17.1. The first-order valence-corrected chi connectivity index (χ1v) is 10.2. The second-order valence-electron chi connectivity index (χ2n) is 7.57. The number of aryl methyl sites for hydroxylation is 1. The van der Waals surface area contributed by atoms with Crippen LogP contribution in [0.4, 0.5) is 26.2 Å². The number of carbonyl (C=O) groups excluding carboxylic acids is 1. The summed E-state index contributed by atoms with van der Waals surface area (Å²) in [7, 11) is 0. The number of rotatable bonds is 5. The average Bonchev–Trinajstić information content (AvgIpc) is 2.76. The molecule has 3 aromatic rings. The Bertz CT molecular complexity index is 1050. The van der Waals surface area contributed by atoms with Crippen molar-refractivity contribution in [2.75, 3.05) is 23.3 Å². The summed E-state index contributed by atoms with van der Waals surface area (Å²) in [5, 5.41) is 6.20. The van der Waals surface area contributed by atoms with Crippen molar-refractivity contribution in [1.29, 1.82) is 0 Å². The van der Waals surface area contributed by atoms with Crippen LogP contribution in [-0.2, 0) is 0 Å². The summed E-state index contributed by atoms with van der Waals surface area (Å²) in [6, 6.07) is 13.5. The van der Waals surface area contributed by atoms with E-state index in [4.69, 9.17) is 0 Å². The molecule has 0 radical (unpaired) electrons. The lowest BCUT2D eigenvalue weighted by atomic mass is 10.0. The van der Waals surface area contributed by atoms with Gasteiger partial charge in [-0.25, -0.2) is 13.8 Å². The van der Waals surface area contributed by atoms with E-state index in [1.165, 1.54) is 36.4 Å². The highest BCUT2D eigenvalue weighted by Crippen LogP contribution is 2.21. The van der Waals surface area contributed by atoms with Gasteiger partial charge in [0.2, 0.25) is 5.95 Å². The van der Waals surface area contributed by atoms with Gasteiger partial charge in [0.25, 0.3) is 5.91 Å². The molecular weight excluding hydrogens is 400 g/mol. The lowest BCUT2D eigenvalue weighted by molar-refractivity contribution is 0.0931. The van der Waals surface area contributed by atoms with Gasteiger partial charge in [-0.05, 0) is 68.3 Å². The highest BCUT2D eigenvalue weighted by atomic mass is 19.1. The minimum Gasteiger partial charge on any atom is -0.349 e. The van der Waals surface area contributed by atoms with E-state index in [0.29, 0.717) is 30.4 Å². The van der Waals surface area contributed by atoms with Crippen LogP contribution in [0.2, 0.25) is 0 Å². The molecule has 2 N–H and O–H groups in total. The maximum atomic E-state index is 13.1. The second-order valence-corrected chi connectivity index (χ2v) is 7.57. The summed E-state index contributed by atoms with van der Waals surface area (Å²) in [5.41, 5.74) is 2.01. The van der Waals surface area contributed by atoms with E-state index in [2.05, 4.69) is 25.5 Å². The van der Waals surface area contributed by atoms with Crippen LogP contribution in [0.3, 0.4) is 0 Å². The van der Waals surface area contributed by atoms with Gasteiger partial charge in [0.05, 0.1) is 0 Å². The molecule has 8 heteroatoms. The molecule has 1 aliphatic rings. The molecule has 0 spiro atoms. The zero-order chi connectivity index (χ0) is 21.8. The van der Waals surface area contributed by atoms with Gasteiger partial charge >= 0.3 is 0 Å². The standard InChI is InChI=1S/C23H23F2N5O/c1-15-14-21(27-19-8-6-18(25)7-9-19)29-23(26-15)30-12-10-20(11-13-30)28-22(31)16-2-4-17(24)5-3-16/h2-9,14,20H,10-13H2,1H3,(H,28,31)(H,26,27,29). The Morgan fingerprint density at radius 2 is 1.58 bits per heavy atom. The Labute approximate surface area is 179 Å². The van der Waals surface area contributed by atoms with Crippen LogP contribution in [0.5, 0.6) is 0 Å². The fourth-order valence-corrected chi connectivity index (χ4v) is 3.53. The van der Waals surface area contributed by atoms with Gasteiger partial charge in [-0.1, -0.05) is 0 Å². The fourth-order valence-electron chi connectivity index (χ4n) is 3.53. The summed E-state index contributed by atoms with van der Waals surface area (Å²) in [5.74, 6) is 0.403. The van der Waals surface area contributed by atoms with Crippen molar-refractivity contribution in [3.63, 3.8) is 0 Å². The number of benzene rings is 2. The smallest absolute Gasteiger partial charge is 0.251 e. The Morgan fingerprint density at radius 3 is 2.23 bits per heavy atom. The molecule has 6 nitrogen and oxygen atoms in total. The summed E-state index contributed by atoms with van der Waals surface area (Å²) >= 11 is 0. The average molecular weight is 423 g/mol. The van der Waals surface area contributed by atoms with Crippen molar-refractivity contribution in [3.8, 4) is 0 Å². The van der Waals surface area contributed by atoms with Gasteiger partial charge in [-0.3, -0.25) is 4.79 Å². The Balaban J connectivity index is 1.37. The van der Waals surface area contributed by atoms with Gasteiger partial charge in [-0.2, -0.15) is 4.98 Å². The monoisotopic (exact) mass is 423 g/mol. The molecule has 0 bridgehead atoms. The molecule has 1 aliphatic heterocycles. The molecule has 1 fully saturated rings. The molecule has 1 aromatic heterocycles. The first kappa shape index (κ1) is 20.7. The molecule has 2 heterocycles. The largest absolute Gasteiger partial charge is 0.349 e. The van der Waals surface area contributed by atoms with Crippen LogP contribution in [0.1, 0.15) is 28.9 Å². The third-order valence-corrected chi connectivity index (χ3v) is 5.18. The number of nitrogens with one attached hydrogen (secondary N) is 2. The molecule has 1 amide bonds. The molecule has 4 rings (SSSR count). The van der Waals surface area contributed by atoms with Crippen molar-refractivity contribution in [2.24, 2.45) is 0 Å². The molecule has 0 saturated carbocycles. The molecule has 0 aliphatic carbocycles. The molecular formula is C23H23F2N5O. The molecule has 0 unspecified atom stereocenters. The first-order chi connectivity index (χ1) is 15.0. The quantitative estimate of drug-likeness (QED) is 0.644. The van der Waals surface area contributed by atoms with Crippen LogP contribution < -0.4 is 15.5 Å². The van der Waals surface area contributed by atoms with Crippen molar-refractivity contribution in [3.05, 3.63) is 77.5 Å². The first-order valence-electron chi connectivity index (χ1n) is 10.2. The normalized spacial score (nSPS) is 14.4. The van der Waals surface area contributed by atoms with Crippen LogP contribution in [0, 0.1) is 18.6 Å². The van der Waals surface area contributed by atoms with Gasteiger partial charge < -0.3 is 15.5 Å². The number of anilines is 3. The van der Waals surface area contributed by atoms with E-state index in [-0.39, 0.29) is 23.6 Å². The van der Waals surface area contributed by atoms with E-state index in [9.17, 15) is 13.6 Å². The van der Waals surface area contributed by atoms with Crippen LogP contribution in [0.15, 0.2) is 54.6 Å². The highest BCUT2D eigenvalue weighted by Gasteiger charge is 2.23. The zero-order valence-electron chi connectivity index (χ0n) is 17.1. The third-order valence-electron chi connectivity index (χ3n) is 5.18. The molecule has 2 aromatic carbocycles. The SMILES string of the molecule is Cc1cc(Nc2ccc(F)cc2)nc(N2CCC(NC(=O)c3ccc(F)cc3)CC2)n1. The number of piperidine rings is 1. The summed E-state index contributed by atoms with van der Waals surface area (Å²) in [6.07, 6.45) is 1.51. The van der Waals surface area contributed by atoms with Crippen molar-refractivity contribution in [2.45, 2.75) is 25.8 Å². The van der Waals surface area contributed by atoms with E-state index in [1.54, 1.807) is 12.1 Å². The maximum absolute atomic E-state index is 13.1. The van der Waals surface area contributed by atoms with Crippen LogP contribution >= 0.6 is 0 Å². The number of carbonyl (C=O) groups is 1. The van der Waals surface area contributed by atoms with Gasteiger partial charge in [-0.15, -0.1) is 0 Å². The fraction of sp³-hybridized carbons (Fsp3) is 0.261. The van der Waals surface area contributed by atoms with Crippen molar-refractivity contribution >= 4 is 23.4 Å². The van der Waals surface area contributed by atoms with Crippen molar-refractivity contribution < 1.29 is 13.6 Å². The van der Waals surface area contributed by atoms with Crippen LogP contribution in [0.25, 0.3) is 0 Å². The minimum atomic E-state index is -0.365. The van der Waals surface area contributed by atoms with E-state index in [0.717, 1.165) is 24.2 Å². The second kappa shape index (κ2) is 9.07. The van der Waals surface area contributed by atoms with Gasteiger partial charge in [0, 0.05) is 42.1 Å². The van der Waals surface area contributed by atoms with E-state index >= 15 is 0 Å². The lowest BCUT2D eigenvalue weighted by Crippen LogP contribution is -2.45. The van der Waals surface area contributed by atoms with Crippen molar-refractivity contribution in [1.82, 2.24) is 15.3 Å². The third kappa shape index (κ3) is 5.33. The summed E-state index contributed by atoms with van der Waals surface area (Å²) < 4.78 is 26.2. The Morgan fingerprint density at radius 1 is 0.968 bits per heavy atom. The minimum absolute atomic E-state index is 0.0374. The number of hydrogen-bond acceptors (Lipinski definition) is 5. The predicted molar refractivity (Wildman–Crippen MR) is 116 cm³/mol. The molecule has 1 saturated heterocycles. The molecule has 0 atom stereocenters. The molecule has 31 heavy (non-hydrogen) atoms. The summed E-state index contributed by atoms with van der Waals surface area (Å²) in [6.45, 7) is 3.30. The number of halogens is 2. The van der Waals surface area contributed by atoms with E-state index < -0.39 is 0 Å².